The lowest BCUT2D eigenvalue weighted by Gasteiger charge is -2.14. The Morgan fingerprint density at radius 1 is 1.42 bits per heavy atom. The Morgan fingerprint density at radius 2 is 2.16 bits per heavy atom. The molecule has 1 aromatic carbocycles. The number of nitrogens with one attached hydrogen (secondary N) is 2. The van der Waals surface area contributed by atoms with E-state index in [4.69, 9.17) is 10.6 Å². The van der Waals surface area contributed by atoms with Gasteiger partial charge in [0.05, 0.1) is 5.69 Å². The van der Waals surface area contributed by atoms with E-state index in [1.807, 2.05) is 13.0 Å². The third-order valence-corrected chi connectivity index (χ3v) is 3.21. The number of aliphatic imine (C=N–C) groups is 1. The maximum absolute atomic E-state index is 5.48. The van der Waals surface area contributed by atoms with Crippen LogP contribution in [-0.4, -0.2) is 26.2 Å². The Bertz CT molecular complexity index is 425. The molecule has 0 radical (unpaired) electrons. The first-order chi connectivity index (χ1) is 9.08. The number of hydrogen-bond donors (Lipinski definition) is 3. The van der Waals surface area contributed by atoms with Crippen molar-refractivity contribution in [2.24, 2.45) is 10.8 Å². The Balaban J connectivity index is 2.75. The minimum atomic E-state index is 0.545. The average Bonchev–Trinajstić information content (AvgIpc) is 2.36. The van der Waals surface area contributed by atoms with E-state index in [0.717, 1.165) is 22.1 Å². The van der Waals surface area contributed by atoms with Crippen LogP contribution >= 0.6 is 15.9 Å². The number of hydrazine groups is 1. The lowest BCUT2D eigenvalue weighted by molar-refractivity contribution is 0.197. The topological polar surface area (TPSA) is 71.7 Å². The molecule has 0 saturated carbocycles. The molecule has 1 rings (SSSR count). The molecular formula is C13H21BrN4O. The van der Waals surface area contributed by atoms with Gasteiger partial charge in [0.1, 0.15) is 0 Å². The highest BCUT2D eigenvalue weighted by molar-refractivity contribution is 9.10. The van der Waals surface area contributed by atoms with Gasteiger partial charge in [-0.2, -0.15) is 0 Å². The zero-order chi connectivity index (χ0) is 14.3. The van der Waals surface area contributed by atoms with E-state index in [1.54, 1.807) is 7.11 Å². The standard InChI is InChI=1S/C13H21BrN4O/c1-9-7-10(2)12(11(14)8-9)17-13(18-15)16-5-4-6-19-3/h7-8H,4-6,15H2,1-3H3,(H2,16,17,18). The number of rotatable bonds is 5. The summed E-state index contributed by atoms with van der Waals surface area (Å²) in [5, 5.41) is 3.20. The molecule has 5 nitrogen and oxygen atoms in total. The van der Waals surface area contributed by atoms with Crippen molar-refractivity contribution in [3.63, 3.8) is 0 Å². The summed E-state index contributed by atoms with van der Waals surface area (Å²) in [7, 11) is 1.68. The van der Waals surface area contributed by atoms with Crippen molar-refractivity contribution >= 4 is 27.6 Å². The van der Waals surface area contributed by atoms with Gasteiger partial charge in [0.15, 0.2) is 0 Å². The summed E-state index contributed by atoms with van der Waals surface area (Å²) in [6, 6.07) is 4.15. The van der Waals surface area contributed by atoms with Crippen LogP contribution in [0.5, 0.6) is 0 Å². The lowest BCUT2D eigenvalue weighted by Crippen LogP contribution is -2.36. The van der Waals surface area contributed by atoms with Crippen molar-refractivity contribution in [3.8, 4) is 0 Å². The van der Waals surface area contributed by atoms with Crippen LogP contribution in [0.2, 0.25) is 0 Å². The fourth-order valence-corrected chi connectivity index (χ4v) is 2.49. The molecule has 0 aliphatic rings. The number of hydrogen-bond acceptors (Lipinski definition) is 3. The van der Waals surface area contributed by atoms with Crippen molar-refractivity contribution in [1.82, 2.24) is 5.43 Å². The molecule has 0 saturated heterocycles. The zero-order valence-corrected chi connectivity index (χ0v) is 13.2. The predicted molar refractivity (Wildman–Crippen MR) is 83.4 cm³/mol. The van der Waals surface area contributed by atoms with Crippen molar-refractivity contribution in [2.75, 3.05) is 25.6 Å². The number of anilines is 1. The minimum Gasteiger partial charge on any atom is -0.385 e. The number of nitrogens with two attached hydrogens (primary N) is 1. The molecule has 0 spiro atoms. The largest absolute Gasteiger partial charge is 0.385 e. The molecule has 0 amide bonds. The second-order valence-corrected chi connectivity index (χ2v) is 5.14. The third kappa shape index (κ3) is 5.18. The van der Waals surface area contributed by atoms with Crippen LogP contribution in [0, 0.1) is 13.8 Å². The van der Waals surface area contributed by atoms with Gasteiger partial charge in [0, 0.05) is 24.7 Å². The molecule has 0 unspecified atom stereocenters. The first-order valence-electron chi connectivity index (χ1n) is 6.12. The van der Waals surface area contributed by atoms with Gasteiger partial charge < -0.3 is 10.1 Å². The number of ether oxygens (including phenoxy) is 1. The van der Waals surface area contributed by atoms with Gasteiger partial charge in [0.2, 0.25) is 5.96 Å². The first kappa shape index (κ1) is 15.9. The molecule has 0 aliphatic carbocycles. The third-order valence-electron chi connectivity index (χ3n) is 2.59. The summed E-state index contributed by atoms with van der Waals surface area (Å²) in [4.78, 5) is 4.35. The number of aryl methyl sites for hydroxylation is 2. The molecule has 106 valence electrons. The van der Waals surface area contributed by atoms with Crippen LogP contribution in [0.1, 0.15) is 17.5 Å². The fraction of sp³-hybridized carbons (Fsp3) is 0.462. The van der Waals surface area contributed by atoms with Crippen LogP contribution in [0.3, 0.4) is 0 Å². The van der Waals surface area contributed by atoms with E-state index in [9.17, 15) is 0 Å². The zero-order valence-electron chi connectivity index (χ0n) is 11.6. The van der Waals surface area contributed by atoms with Crippen LogP contribution < -0.4 is 16.6 Å². The monoisotopic (exact) mass is 328 g/mol. The van der Waals surface area contributed by atoms with E-state index < -0.39 is 0 Å². The summed E-state index contributed by atoms with van der Waals surface area (Å²) in [6.45, 7) is 5.44. The Morgan fingerprint density at radius 3 is 2.74 bits per heavy atom. The molecule has 0 bridgehead atoms. The van der Waals surface area contributed by atoms with Gasteiger partial charge in [-0.25, -0.2) is 5.84 Å². The molecule has 1 aromatic rings. The maximum atomic E-state index is 5.48. The molecule has 19 heavy (non-hydrogen) atoms. The van der Waals surface area contributed by atoms with E-state index in [1.165, 1.54) is 5.56 Å². The van der Waals surface area contributed by atoms with Crippen LogP contribution in [0.25, 0.3) is 0 Å². The number of methoxy groups -OCH3 is 1. The SMILES string of the molecule is COCCCN=C(NN)Nc1c(C)cc(C)cc1Br. The fourth-order valence-electron chi connectivity index (χ4n) is 1.71. The maximum Gasteiger partial charge on any atom is 0.210 e. The van der Waals surface area contributed by atoms with Gasteiger partial charge in [-0.3, -0.25) is 10.4 Å². The van der Waals surface area contributed by atoms with Gasteiger partial charge >= 0.3 is 0 Å². The first-order valence-corrected chi connectivity index (χ1v) is 6.91. The van der Waals surface area contributed by atoms with Crippen LogP contribution in [0.15, 0.2) is 21.6 Å². The van der Waals surface area contributed by atoms with E-state index in [2.05, 4.69) is 44.7 Å². The summed E-state index contributed by atoms with van der Waals surface area (Å²) < 4.78 is 5.97. The summed E-state index contributed by atoms with van der Waals surface area (Å²) >= 11 is 3.54. The van der Waals surface area contributed by atoms with Crippen molar-refractivity contribution in [3.05, 3.63) is 27.7 Å². The highest BCUT2D eigenvalue weighted by Crippen LogP contribution is 2.27. The molecule has 0 aliphatic heterocycles. The molecule has 0 heterocycles. The number of benzene rings is 1. The van der Waals surface area contributed by atoms with Crippen molar-refractivity contribution in [2.45, 2.75) is 20.3 Å². The van der Waals surface area contributed by atoms with Gasteiger partial charge in [0.25, 0.3) is 0 Å². The minimum absolute atomic E-state index is 0.545. The number of guanidine groups is 1. The van der Waals surface area contributed by atoms with E-state index in [0.29, 0.717) is 19.1 Å². The summed E-state index contributed by atoms with van der Waals surface area (Å²) in [5.74, 6) is 6.02. The Labute approximate surface area is 122 Å². The number of nitrogens with zero attached hydrogens (tertiary/aromatic N) is 1. The summed E-state index contributed by atoms with van der Waals surface area (Å²) in [5.41, 5.74) is 5.87. The highest BCUT2D eigenvalue weighted by Gasteiger charge is 2.07. The lowest BCUT2D eigenvalue weighted by atomic mass is 10.1. The normalized spacial score (nSPS) is 11.5. The Kier molecular flexibility index (Phi) is 6.83. The van der Waals surface area contributed by atoms with Crippen LogP contribution in [0.4, 0.5) is 5.69 Å². The smallest absolute Gasteiger partial charge is 0.210 e. The second kappa shape index (κ2) is 8.14. The van der Waals surface area contributed by atoms with Crippen molar-refractivity contribution in [1.29, 1.82) is 0 Å². The molecule has 0 aromatic heterocycles. The highest BCUT2D eigenvalue weighted by atomic mass is 79.9. The molecular weight excluding hydrogens is 308 g/mol. The van der Waals surface area contributed by atoms with Crippen molar-refractivity contribution < 1.29 is 4.74 Å². The van der Waals surface area contributed by atoms with Gasteiger partial charge in [-0.05, 0) is 53.4 Å². The Hall–Kier alpha value is -1.11. The molecule has 6 heteroatoms. The second-order valence-electron chi connectivity index (χ2n) is 4.28. The average molecular weight is 329 g/mol. The van der Waals surface area contributed by atoms with Gasteiger partial charge in [-0.15, -0.1) is 0 Å². The predicted octanol–water partition coefficient (Wildman–Crippen LogP) is 2.33. The van der Waals surface area contributed by atoms with Crippen LogP contribution in [-0.2, 0) is 4.74 Å². The van der Waals surface area contributed by atoms with E-state index in [-0.39, 0.29) is 0 Å². The van der Waals surface area contributed by atoms with Gasteiger partial charge in [-0.1, -0.05) is 6.07 Å². The molecule has 4 N–H and O–H groups in total. The quantitative estimate of drug-likeness (QED) is 0.255. The number of halogens is 1. The molecule has 0 atom stereocenters. The van der Waals surface area contributed by atoms with E-state index >= 15 is 0 Å². The molecule has 0 fully saturated rings. The summed E-state index contributed by atoms with van der Waals surface area (Å²) in [6.07, 6.45) is 0.859.